The average Bonchev–Trinajstić information content (AvgIpc) is 3.03. The molecule has 0 bridgehead atoms. The number of allylic oxidation sites excluding steroid dienone is 2. The number of methoxy groups -OCH3 is 1. The van der Waals surface area contributed by atoms with Gasteiger partial charge in [-0.2, -0.15) is 5.26 Å². The minimum absolute atomic E-state index is 0.0805. The molecule has 2 heterocycles. The molecule has 1 amide bonds. The van der Waals surface area contributed by atoms with Gasteiger partial charge in [0.15, 0.2) is 5.17 Å². The number of nitrogens with zero attached hydrogens (tertiary/aromatic N) is 4. The van der Waals surface area contributed by atoms with Crippen molar-refractivity contribution >= 4 is 22.8 Å². The predicted molar refractivity (Wildman–Crippen MR) is 115 cm³/mol. The monoisotopic (exact) mass is 411 g/mol. The molecule has 0 radical (unpaired) electrons. The summed E-state index contributed by atoms with van der Waals surface area (Å²) >= 11 is 1.23. The lowest BCUT2D eigenvalue weighted by atomic mass is 9.92. The van der Waals surface area contributed by atoms with E-state index in [-0.39, 0.29) is 5.91 Å². The Balaban J connectivity index is 2.23. The number of thioether (sulfide) groups is 1. The first kappa shape index (κ1) is 20.8. The van der Waals surface area contributed by atoms with Crippen molar-refractivity contribution in [1.82, 2.24) is 9.80 Å². The van der Waals surface area contributed by atoms with Crippen molar-refractivity contribution in [2.75, 3.05) is 20.2 Å². The first-order valence-corrected chi connectivity index (χ1v) is 10.3. The number of nitriles is 1. The number of aryl methyl sites for hydroxylation is 1. The van der Waals surface area contributed by atoms with Gasteiger partial charge in [-0.1, -0.05) is 12.1 Å². The molecule has 29 heavy (non-hydrogen) atoms. The molecule has 0 fully saturated rings. The molecule has 2 aliphatic rings. The van der Waals surface area contributed by atoms with Gasteiger partial charge >= 0.3 is 0 Å². The van der Waals surface area contributed by atoms with Gasteiger partial charge in [0.1, 0.15) is 22.5 Å². The summed E-state index contributed by atoms with van der Waals surface area (Å²) in [5.74, 6) is 0.968. The second-order valence-electron chi connectivity index (χ2n) is 6.80. The van der Waals surface area contributed by atoms with Crippen LogP contribution in [0.1, 0.15) is 37.9 Å². The van der Waals surface area contributed by atoms with Gasteiger partial charge in [-0.05, 0) is 56.7 Å². The highest BCUT2D eigenvalue weighted by molar-refractivity contribution is 8.17. The number of hydrogen-bond acceptors (Lipinski definition) is 7. The lowest BCUT2D eigenvalue weighted by molar-refractivity contribution is -0.127. The second kappa shape index (κ2) is 8.21. The predicted octanol–water partition coefficient (Wildman–Crippen LogP) is 3.26. The Labute approximate surface area is 175 Å². The van der Waals surface area contributed by atoms with Crippen LogP contribution in [0.5, 0.6) is 5.75 Å². The summed E-state index contributed by atoms with van der Waals surface area (Å²) in [5.41, 5.74) is 9.38. The molecule has 152 valence electrons. The summed E-state index contributed by atoms with van der Waals surface area (Å²) in [5, 5.41) is 10.1. The summed E-state index contributed by atoms with van der Waals surface area (Å²) in [6.45, 7) is 8.89. The molecule has 2 aliphatic heterocycles. The first-order valence-electron chi connectivity index (χ1n) is 9.48. The number of aliphatic imine (C=N–C) groups is 1. The molecule has 7 nitrogen and oxygen atoms in total. The quantitative estimate of drug-likeness (QED) is 0.799. The summed E-state index contributed by atoms with van der Waals surface area (Å²) in [6, 6.07) is 7.51. The van der Waals surface area contributed by atoms with Crippen LogP contribution < -0.4 is 10.5 Å². The Morgan fingerprint density at radius 2 is 2.07 bits per heavy atom. The summed E-state index contributed by atoms with van der Waals surface area (Å²) in [7, 11) is 1.62. The SMILES string of the molecule is CCN(CC)C(=O)C1=C(C)N=C2SC(C#N)=C(N)N2[C@H]1c1ccc(C)c(OC)c1. The fraction of sp³-hybridized carbons (Fsp3) is 0.381. The molecule has 1 aromatic rings. The minimum Gasteiger partial charge on any atom is -0.496 e. The van der Waals surface area contributed by atoms with Crippen LogP contribution in [0.2, 0.25) is 0 Å². The van der Waals surface area contributed by atoms with Gasteiger partial charge < -0.3 is 15.4 Å². The normalized spacial score (nSPS) is 18.4. The van der Waals surface area contributed by atoms with Gasteiger partial charge in [0.2, 0.25) is 0 Å². The summed E-state index contributed by atoms with van der Waals surface area (Å²) in [4.78, 5) is 22.0. The van der Waals surface area contributed by atoms with E-state index in [9.17, 15) is 10.1 Å². The molecule has 0 aromatic heterocycles. The topological polar surface area (TPSA) is 95.0 Å². The van der Waals surface area contributed by atoms with E-state index in [0.717, 1.165) is 16.9 Å². The maximum absolute atomic E-state index is 13.4. The van der Waals surface area contributed by atoms with Crippen molar-refractivity contribution in [2.24, 2.45) is 10.7 Å². The van der Waals surface area contributed by atoms with E-state index >= 15 is 0 Å². The van der Waals surface area contributed by atoms with Crippen molar-refractivity contribution in [1.29, 1.82) is 5.26 Å². The number of carbonyl (C=O) groups excluding carboxylic acids is 1. The summed E-state index contributed by atoms with van der Waals surface area (Å²) < 4.78 is 5.51. The Morgan fingerprint density at radius 3 is 2.66 bits per heavy atom. The van der Waals surface area contributed by atoms with Crippen LogP contribution in [-0.2, 0) is 4.79 Å². The zero-order valence-electron chi connectivity index (χ0n) is 17.3. The number of likely N-dealkylation sites (N-methyl/N-ethyl adjacent to an activating group) is 1. The number of amidine groups is 1. The van der Waals surface area contributed by atoms with Crippen LogP contribution in [0, 0.1) is 18.3 Å². The van der Waals surface area contributed by atoms with E-state index in [4.69, 9.17) is 10.5 Å². The number of carbonyl (C=O) groups is 1. The zero-order chi connectivity index (χ0) is 21.3. The largest absolute Gasteiger partial charge is 0.496 e. The van der Waals surface area contributed by atoms with Crippen LogP contribution >= 0.6 is 11.8 Å². The highest BCUT2D eigenvalue weighted by Crippen LogP contribution is 2.46. The van der Waals surface area contributed by atoms with Gasteiger partial charge in [0, 0.05) is 13.1 Å². The van der Waals surface area contributed by atoms with Crippen molar-refractivity contribution in [3.05, 3.63) is 51.3 Å². The van der Waals surface area contributed by atoms with E-state index in [1.165, 1.54) is 11.8 Å². The molecule has 0 unspecified atom stereocenters. The smallest absolute Gasteiger partial charge is 0.254 e. The minimum atomic E-state index is -0.483. The van der Waals surface area contributed by atoms with Gasteiger partial charge in [-0.15, -0.1) is 0 Å². The second-order valence-corrected chi connectivity index (χ2v) is 7.78. The molecule has 1 aromatic carbocycles. The number of benzene rings is 1. The number of hydrogen-bond donors (Lipinski definition) is 1. The van der Waals surface area contributed by atoms with Crippen LogP contribution in [0.3, 0.4) is 0 Å². The van der Waals surface area contributed by atoms with Crippen LogP contribution in [-0.4, -0.2) is 41.1 Å². The third-order valence-corrected chi connectivity index (χ3v) is 6.18. The molecule has 2 N–H and O–H groups in total. The van der Waals surface area contributed by atoms with Crippen molar-refractivity contribution < 1.29 is 9.53 Å². The van der Waals surface area contributed by atoms with Gasteiger partial charge in [0.25, 0.3) is 5.91 Å². The molecular weight excluding hydrogens is 386 g/mol. The first-order chi connectivity index (χ1) is 13.9. The molecule has 8 heteroatoms. The maximum Gasteiger partial charge on any atom is 0.254 e. The van der Waals surface area contributed by atoms with Gasteiger partial charge in [0.05, 0.1) is 24.4 Å². The third kappa shape index (κ3) is 3.47. The number of amides is 1. The lowest BCUT2D eigenvalue weighted by Gasteiger charge is -2.37. The van der Waals surface area contributed by atoms with Crippen molar-refractivity contribution in [2.45, 2.75) is 33.7 Å². The maximum atomic E-state index is 13.4. The standard InChI is InChI=1S/C21H25N5O2S/c1-6-25(7-2)20(27)17-13(4)24-21-26(19(23)16(11-22)29-21)18(17)14-9-8-12(3)15(10-14)28-5/h8-10,18H,6-7,23H2,1-5H3/t18-/m0/s1. The Bertz CT molecular complexity index is 985. The van der Waals surface area contributed by atoms with E-state index in [0.29, 0.717) is 40.3 Å². The fourth-order valence-corrected chi connectivity index (χ4v) is 4.53. The highest BCUT2D eigenvalue weighted by Gasteiger charge is 2.43. The number of fused-ring (bicyclic) bond motifs is 1. The van der Waals surface area contributed by atoms with Crippen LogP contribution in [0.15, 0.2) is 45.2 Å². The molecule has 0 aliphatic carbocycles. The molecule has 3 rings (SSSR count). The van der Waals surface area contributed by atoms with Crippen LogP contribution in [0.4, 0.5) is 0 Å². The summed E-state index contributed by atoms with van der Waals surface area (Å²) in [6.07, 6.45) is 0. The Morgan fingerprint density at radius 1 is 1.38 bits per heavy atom. The fourth-order valence-electron chi connectivity index (χ4n) is 3.62. The Hall–Kier alpha value is -2.92. The van der Waals surface area contributed by atoms with E-state index in [1.54, 1.807) is 16.9 Å². The average molecular weight is 412 g/mol. The van der Waals surface area contributed by atoms with Crippen LogP contribution in [0.25, 0.3) is 0 Å². The highest BCUT2D eigenvalue weighted by atomic mass is 32.2. The molecular formula is C21H25N5O2S. The molecule has 0 saturated carbocycles. The van der Waals surface area contributed by atoms with Crippen molar-refractivity contribution in [3.63, 3.8) is 0 Å². The molecule has 0 saturated heterocycles. The Kier molecular flexibility index (Phi) is 5.89. The van der Waals surface area contributed by atoms with E-state index < -0.39 is 6.04 Å². The van der Waals surface area contributed by atoms with Gasteiger partial charge in [-0.25, -0.2) is 4.99 Å². The van der Waals surface area contributed by atoms with E-state index in [1.807, 2.05) is 45.9 Å². The molecule has 0 spiro atoms. The van der Waals surface area contributed by atoms with Crippen molar-refractivity contribution in [3.8, 4) is 11.8 Å². The number of nitrogens with two attached hydrogens (primary N) is 1. The van der Waals surface area contributed by atoms with Gasteiger partial charge in [-0.3, -0.25) is 9.69 Å². The van der Waals surface area contributed by atoms with E-state index in [2.05, 4.69) is 11.1 Å². The lowest BCUT2D eigenvalue weighted by Crippen LogP contribution is -2.42. The third-order valence-electron chi connectivity index (χ3n) is 5.21. The zero-order valence-corrected chi connectivity index (χ0v) is 18.1. The number of ether oxygens (including phenoxy) is 1. The number of rotatable bonds is 5. The molecule has 1 atom stereocenters.